The molecule has 0 atom stereocenters. The van der Waals surface area contributed by atoms with Crippen LogP contribution in [-0.2, 0) is 4.79 Å². The summed E-state index contributed by atoms with van der Waals surface area (Å²) < 4.78 is 2.14. The molecule has 0 unspecified atom stereocenters. The summed E-state index contributed by atoms with van der Waals surface area (Å²) >= 11 is 0. The highest BCUT2D eigenvalue weighted by atomic mass is 16.2. The lowest BCUT2D eigenvalue weighted by Gasteiger charge is -2.10. The van der Waals surface area contributed by atoms with Crippen molar-refractivity contribution >= 4 is 12.1 Å². The number of aryl methyl sites for hydroxylation is 2. The Bertz CT molecular complexity index is 765. The Hall–Kier alpha value is -2.87. The summed E-state index contributed by atoms with van der Waals surface area (Å²) in [6.07, 6.45) is 1.41. The molecular formula is C17H18N4O. The van der Waals surface area contributed by atoms with Crippen molar-refractivity contribution in [3.05, 3.63) is 52.8 Å². The van der Waals surface area contributed by atoms with Crippen LogP contribution in [0.1, 0.15) is 28.9 Å². The van der Waals surface area contributed by atoms with E-state index in [9.17, 15) is 4.79 Å². The van der Waals surface area contributed by atoms with E-state index in [1.54, 1.807) is 12.3 Å². The van der Waals surface area contributed by atoms with Crippen LogP contribution in [0.15, 0.2) is 35.4 Å². The summed E-state index contributed by atoms with van der Waals surface area (Å²) in [7, 11) is 0. The number of hydrogen-bond donors (Lipinski definition) is 1. The van der Waals surface area contributed by atoms with Crippen molar-refractivity contribution in [3.8, 4) is 11.8 Å². The summed E-state index contributed by atoms with van der Waals surface area (Å²) in [6.45, 7) is 6.10. The number of aromatic nitrogens is 1. The Morgan fingerprint density at radius 1 is 1.36 bits per heavy atom. The predicted molar refractivity (Wildman–Crippen MR) is 85.9 cm³/mol. The maximum absolute atomic E-state index is 11.2. The summed E-state index contributed by atoms with van der Waals surface area (Å²) in [5.41, 5.74) is 7.69. The number of carbonyl (C=O) groups excluding carboxylic acids is 1. The van der Waals surface area contributed by atoms with Crippen molar-refractivity contribution in [1.29, 1.82) is 5.26 Å². The maximum atomic E-state index is 11.2. The molecule has 2 aromatic rings. The minimum Gasteiger partial charge on any atom is -0.318 e. The number of hydrogen-bond acceptors (Lipinski definition) is 3. The first kappa shape index (κ1) is 15.5. The van der Waals surface area contributed by atoms with Crippen molar-refractivity contribution in [2.24, 2.45) is 5.10 Å². The second-order valence-corrected chi connectivity index (χ2v) is 5.13. The lowest BCUT2D eigenvalue weighted by atomic mass is 10.2. The van der Waals surface area contributed by atoms with Crippen LogP contribution >= 0.6 is 0 Å². The molecule has 0 aliphatic rings. The van der Waals surface area contributed by atoms with Gasteiger partial charge in [0.15, 0.2) is 0 Å². The molecule has 112 valence electrons. The van der Waals surface area contributed by atoms with E-state index < -0.39 is 5.91 Å². The quantitative estimate of drug-likeness (QED) is 0.695. The van der Waals surface area contributed by atoms with E-state index in [4.69, 9.17) is 5.26 Å². The van der Waals surface area contributed by atoms with E-state index in [0.29, 0.717) is 0 Å². The first-order valence-corrected chi connectivity index (χ1v) is 6.97. The van der Waals surface area contributed by atoms with Crippen LogP contribution in [0.25, 0.3) is 5.69 Å². The number of rotatable bonds is 4. The average molecular weight is 294 g/mol. The SMILES string of the molecule is Cc1cccc(-n2c(C)cc(/C=N\NC(=O)CC#N)c2C)c1. The average Bonchev–Trinajstić information content (AvgIpc) is 2.74. The number of carbonyl (C=O) groups is 1. The summed E-state index contributed by atoms with van der Waals surface area (Å²) in [6, 6.07) is 12.1. The van der Waals surface area contributed by atoms with Gasteiger partial charge in [-0.3, -0.25) is 4.79 Å². The molecule has 1 heterocycles. The Kier molecular flexibility index (Phi) is 4.74. The fourth-order valence-electron chi connectivity index (χ4n) is 2.37. The van der Waals surface area contributed by atoms with Crippen molar-refractivity contribution in [1.82, 2.24) is 9.99 Å². The van der Waals surface area contributed by atoms with Gasteiger partial charge in [-0.05, 0) is 44.5 Å². The molecule has 0 aliphatic carbocycles. The van der Waals surface area contributed by atoms with Crippen LogP contribution in [0.2, 0.25) is 0 Å². The van der Waals surface area contributed by atoms with Gasteiger partial charge in [0.05, 0.1) is 12.3 Å². The molecule has 0 saturated heterocycles. The van der Waals surface area contributed by atoms with Crippen molar-refractivity contribution in [2.75, 3.05) is 0 Å². The molecule has 1 amide bonds. The molecule has 0 spiro atoms. The van der Waals surface area contributed by atoms with Crippen molar-refractivity contribution in [3.63, 3.8) is 0 Å². The Morgan fingerprint density at radius 3 is 2.82 bits per heavy atom. The molecule has 22 heavy (non-hydrogen) atoms. The summed E-state index contributed by atoms with van der Waals surface area (Å²) in [5.74, 6) is -0.411. The topological polar surface area (TPSA) is 70.2 Å². The van der Waals surface area contributed by atoms with E-state index in [-0.39, 0.29) is 6.42 Å². The molecule has 5 heteroatoms. The Morgan fingerprint density at radius 2 is 2.14 bits per heavy atom. The van der Waals surface area contributed by atoms with Crippen LogP contribution < -0.4 is 5.43 Å². The molecule has 0 bridgehead atoms. The van der Waals surface area contributed by atoms with E-state index in [0.717, 1.165) is 22.6 Å². The Labute approximate surface area is 129 Å². The largest absolute Gasteiger partial charge is 0.318 e. The third-order valence-corrected chi connectivity index (χ3v) is 3.36. The molecule has 0 fully saturated rings. The first-order chi connectivity index (χ1) is 10.5. The van der Waals surface area contributed by atoms with Gasteiger partial charge in [0.1, 0.15) is 6.42 Å². The predicted octanol–water partition coefficient (Wildman–Crippen LogP) is 2.77. The lowest BCUT2D eigenvalue weighted by Crippen LogP contribution is -2.16. The minimum atomic E-state index is -0.411. The second kappa shape index (κ2) is 6.72. The molecule has 1 N–H and O–H groups in total. The third kappa shape index (κ3) is 3.41. The van der Waals surface area contributed by atoms with E-state index in [1.807, 2.05) is 26.0 Å². The fraction of sp³-hybridized carbons (Fsp3) is 0.235. The zero-order valence-corrected chi connectivity index (χ0v) is 12.9. The van der Waals surface area contributed by atoms with Gasteiger partial charge in [-0.1, -0.05) is 12.1 Å². The number of nitriles is 1. The molecule has 2 rings (SSSR count). The molecule has 0 radical (unpaired) electrons. The molecule has 0 aliphatic heterocycles. The van der Waals surface area contributed by atoms with Crippen LogP contribution in [0.3, 0.4) is 0 Å². The van der Waals surface area contributed by atoms with Gasteiger partial charge in [-0.15, -0.1) is 0 Å². The van der Waals surface area contributed by atoms with Gasteiger partial charge in [0, 0.05) is 22.6 Å². The van der Waals surface area contributed by atoms with E-state index in [2.05, 4.69) is 40.2 Å². The van der Waals surface area contributed by atoms with Gasteiger partial charge in [0.2, 0.25) is 0 Å². The number of nitrogens with zero attached hydrogens (tertiary/aromatic N) is 3. The zero-order valence-electron chi connectivity index (χ0n) is 12.9. The van der Waals surface area contributed by atoms with Gasteiger partial charge in [0.25, 0.3) is 5.91 Å². The third-order valence-electron chi connectivity index (χ3n) is 3.36. The van der Waals surface area contributed by atoms with Gasteiger partial charge >= 0.3 is 0 Å². The minimum absolute atomic E-state index is 0.195. The number of hydrazone groups is 1. The summed E-state index contributed by atoms with van der Waals surface area (Å²) in [5, 5.41) is 12.3. The standard InChI is InChI=1S/C17H18N4O/c1-12-5-4-6-16(9-12)21-13(2)10-15(14(21)3)11-19-20-17(22)7-8-18/h4-6,9-11H,7H2,1-3H3,(H,20,22)/b19-11-. The molecule has 0 saturated carbocycles. The number of benzene rings is 1. The number of amides is 1. The highest BCUT2D eigenvalue weighted by Gasteiger charge is 2.09. The van der Waals surface area contributed by atoms with Crippen LogP contribution in [0, 0.1) is 32.1 Å². The zero-order chi connectivity index (χ0) is 16.1. The normalized spacial score (nSPS) is 10.6. The monoisotopic (exact) mass is 294 g/mol. The smallest absolute Gasteiger partial charge is 0.254 e. The highest BCUT2D eigenvalue weighted by Crippen LogP contribution is 2.20. The molecular weight excluding hydrogens is 276 g/mol. The fourth-order valence-corrected chi connectivity index (χ4v) is 2.37. The van der Waals surface area contributed by atoms with Crippen LogP contribution in [0.4, 0.5) is 0 Å². The van der Waals surface area contributed by atoms with Gasteiger partial charge in [-0.25, -0.2) is 5.43 Å². The first-order valence-electron chi connectivity index (χ1n) is 6.97. The van der Waals surface area contributed by atoms with E-state index in [1.165, 1.54) is 5.56 Å². The van der Waals surface area contributed by atoms with Crippen LogP contribution in [0.5, 0.6) is 0 Å². The van der Waals surface area contributed by atoms with Crippen LogP contribution in [-0.4, -0.2) is 16.7 Å². The molecule has 5 nitrogen and oxygen atoms in total. The summed E-state index contributed by atoms with van der Waals surface area (Å²) in [4.78, 5) is 11.2. The molecule has 1 aromatic carbocycles. The van der Waals surface area contributed by atoms with Gasteiger partial charge in [-0.2, -0.15) is 10.4 Å². The van der Waals surface area contributed by atoms with Gasteiger partial charge < -0.3 is 4.57 Å². The maximum Gasteiger partial charge on any atom is 0.254 e. The van der Waals surface area contributed by atoms with Crippen molar-refractivity contribution < 1.29 is 4.79 Å². The lowest BCUT2D eigenvalue weighted by molar-refractivity contribution is -0.120. The second-order valence-electron chi connectivity index (χ2n) is 5.13. The number of nitrogens with one attached hydrogen (secondary N) is 1. The highest BCUT2D eigenvalue weighted by molar-refractivity contribution is 5.84. The van der Waals surface area contributed by atoms with Crippen molar-refractivity contribution in [2.45, 2.75) is 27.2 Å². The Balaban J connectivity index is 2.26. The van der Waals surface area contributed by atoms with E-state index >= 15 is 0 Å². The molecule has 1 aromatic heterocycles.